The van der Waals surface area contributed by atoms with Crippen LogP contribution in [0.2, 0.25) is 0 Å². The second kappa shape index (κ2) is 6.76. The molecule has 4 atom stereocenters. The van der Waals surface area contributed by atoms with Gasteiger partial charge in [-0.2, -0.15) is 0 Å². The Morgan fingerprint density at radius 1 is 1.10 bits per heavy atom. The standard InChI is InChI=1S/C17H32N2O/c1-2-4-14-6-7-17(20)15(11-14)12-18-9-10-19-8-3-5-16(19)13-18/h14-17,20H,2-13H2,1H3. The second-order valence-corrected chi connectivity index (χ2v) is 7.39. The van der Waals surface area contributed by atoms with Crippen molar-refractivity contribution in [3.8, 4) is 0 Å². The van der Waals surface area contributed by atoms with Crippen molar-refractivity contribution in [1.82, 2.24) is 9.80 Å². The van der Waals surface area contributed by atoms with Gasteiger partial charge in [-0.05, 0) is 50.5 Å². The van der Waals surface area contributed by atoms with Gasteiger partial charge in [-0.25, -0.2) is 0 Å². The first-order valence-electron chi connectivity index (χ1n) is 8.90. The number of rotatable bonds is 4. The molecule has 0 bridgehead atoms. The van der Waals surface area contributed by atoms with E-state index < -0.39 is 0 Å². The van der Waals surface area contributed by atoms with E-state index in [1.807, 2.05) is 0 Å². The van der Waals surface area contributed by atoms with Gasteiger partial charge >= 0.3 is 0 Å². The Bertz CT molecular complexity index is 309. The van der Waals surface area contributed by atoms with E-state index in [-0.39, 0.29) is 6.10 Å². The van der Waals surface area contributed by atoms with Crippen molar-refractivity contribution in [3.63, 3.8) is 0 Å². The van der Waals surface area contributed by atoms with Gasteiger partial charge in [0.1, 0.15) is 0 Å². The van der Waals surface area contributed by atoms with E-state index >= 15 is 0 Å². The van der Waals surface area contributed by atoms with E-state index in [1.54, 1.807) is 0 Å². The van der Waals surface area contributed by atoms with E-state index in [9.17, 15) is 5.11 Å². The van der Waals surface area contributed by atoms with Crippen molar-refractivity contribution in [2.75, 3.05) is 32.7 Å². The quantitative estimate of drug-likeness (QED) is 0.856. The summed E-state index contributed by atoms with van der Waals surface area (Å²) in [6.07, 6.45) is 8.96. The van der Waals surface area contributed by atoms with Crippen LogP contribution >= 0.6 is 0 Å². The topological polar surface area (TPSA) is 26.7 Å². The molecule has 3 nitrogen and oxygen atoms in total. The molecule has 20 heavy (non-hydrogen) atoms. The Balaban J connectivity index is 1.50. The van der Waals surface area contributed by atoms with Crippen molar-refractivity contribution in [2.24, 2.45) is 11.8 Å². The number of hydrogen-bond acceptors (Lipinski definition) is 3. The third-order valence-corrected chi connectivity index (χ3v) is 5.91. The number of hydrogen-bond donors (Lipinski definition) is 1. The average molecular weight is 280 g/mol. The highest BCUT2D eigenvalue weighted by Crippen LogP contribution is 2.33. The molecule has 0 aromatic carbocycles. The molecule has 1 saturated carbocycles. The minimum absolute atomic E-state index is 0.0373. The largest absolute Gasteiger partial charge is 0.393 e. The zero-order valence-electron chi connectivity index (χ0n) is 13.1. The second-order valence-electron chi connectivity index (χ2n) is 7.39. The van der Waals surface area contributed by atoms with Gasteiger partial charge in [-0.3, -0.25) is 4.90 Å². The van der Waals surface area contributed by atoms with Crippen molar-refractivity contribution >= 4 is 0 Å². The highest BCUT2D eigenvalue weighted by molar-refractivity contribution is 4.89. The van der Waals surface area contributed by atoms with Crippen LogP contribution in [0.4, 0.5) is 0 Å². The van der Waals surface area contributed by atoms with Crippen LogP contribution in [-0.4, -0.2) is 59.8 Å². The Hall–Kier alpha value is -0.120. The summed E-state index contributed by atoms with van der Waals surface area (Å²) in [7, 11) is 0. The maximum atomic E-state index is 10.3. The summed E-state index contributed by atoms with van der Waals surface area (Å²) in [6.45, 7) is 8.49. The monoisotopic (exact) mass is 280 g/mol. The van der Waals surface area contributed by atoms with E-state index in [0.29, 0.717) is 5.92 Å². The van der Waals surface area contributed by atoms with Gasteiger partial charge in [0.05, 0.1) is 6.10 Å². The van der Waals surface area contributed by atoms with Gasteiger partial charge in [0.15, 0.2) is 0 Å². The van der Waals surface area contributed by atoms with Gasteiger partial charge in [-0.1, -0.05) is 19.8 Å². The maximum absolute atomic E-state index is 10.3. The highest BCUT2D eigenvalue weighted by Gasteiger charge is 2.34. The predicted molar refractivity (Wildman–Crippen MR) is 82.8 cm³/mol. The van der Waals surface area contributed by atoms with Crippen molar-refractivity contribution in [1.29, 1.82) is 0 Å². The molecule has 0 amide bonds. The van der Waals surface area contributed by atoms with E-state index in [0.717, 1.165) is 24.9 Å². The summed E-state index contributed by atoms with van der Waals surface area (Å²) < 4.78 is 0. The van der Waals surface area contributed by atoms with Crippen LogP contribution in [0, 0.1) is 11.8 Å². The molecule has 116 valence electrons. The lowest BCUT2D eigenvalue weighted by molar-refractivity contribution is 0.00988. The van der Waals surface area contributed by atoms with Crippen LogP contribution in [-0.2, 0) is 0 Å². The molecule has 2 heterocycles. The van der Waals surface area contributed by atoms with Crippen LogP contribution < -0.4 is 0 Å². The molecule has 3 rings (SSSR count). The fourth-order valence-corrected chi connectivity index (χ4v) is 4.76. The number of aliphatic hydroxyl groups is 1. The summed E-state index contributed by atoms with van der Waals surface area (Å²) in [5.41, 5.74) is 0. The van der Waals surface area contributed by atoms with E-state index in [1.165, 1.54) is 64.7 Å². The third kappa shape index (κ3) is 3.37. The lowest BCUT2D eigenvalue weighted by Crippen LogP contribution is -2.52. The summed E-state index contributed by atoms with van der Waals surface area (Å²) in [6, 6.07) is 0.816. The molecular weight excluding hydrogens is 248 g/mol. The zero-order chi connectivity index (χ0) is 13.9. The van der Waals surface area contributed by atoms with E-state index in [4.69, 9.17) is 0 Å². The Morgan fingerprint density at radius 2 is 2.00 bits per heavy atom. The number of fused-ring (bicyclic) bond motifs is 1. The molecule has 0 aromatic heterocycles. The van der Waals surface area contributed by atoms with Gasteiger partial charge in [-0.15, -0.1) is 0 Å². The van der Waals surface area contributed by atoms with Crippen molar-refractivity contribution < 1.29 is 5.11 Å². The average Bonchev–Trinajstić information content (AvgIpc) is 2.90. The number of aliphatic hydroxyl groups excluding tert-OH is 1. The number of piperazine rings is 1. The molecule has 0 radical (unpaired) electrons. The minimum atomic E-state index is -0.0373. The summed E-state index contributed by atoms with van der Waals surface area (Å²) >= 11 is 0. The molecular formula is C17H32N2O. The normalized spacial score (nSPS) is 39.9. The van der Waals surface area contributed by atoms with Crippen LogP contribution in [0.5, 0.6) is 0 Å². The van der Waals surface area contributed by atoms with Crippen LogP contribution in [0.25, 0.3) is 0 Å². The Kier molecular flexibility index (Phi) is 5.00. The van der Waals surface area contributed by atoms with E-state index in [2.05, 4.69) is 16.7 Å². The first-order chi connectivity index (χ1) is 9.76. The van der Waals surface area contributed by atoms with Gasteiger partial charge < -0.3 is 10.0 Å². The molecule has 3 aliphatic rings. The molecule has 3 heteroatoms. The molecule has 0 aromatic rings. The molecule has 1 aliphatic carbocycles. The fourth-order valence-electron chi connectivity index (χ4n) is 4.76. The van der Waals surface area contributed by atoms with Gasteiger partial charge in [0.2, 0.25) is 0 Å². The molecule has 1 N–H and O–H groups in total. The molecule has 2 saturated heterocycles. The van der Waals surface area contributed by atoms with Crippen LogP contribution in [0.3, 0.4) is 0 Å². The molecule has 2 aliphatic heterocycles. The lowest BCUT2D eigenvalue weighted by Gasteiger charge is -2.41. The predicted octanol–water partition coefficient (Wildman–Crippen LogP) is 2.34. The Labute approximate surface area is 124 Å². The lowest BCUT2D eigenvalue weighted by atomic mass is 9.77. The SMILES string of the molecule is CCCC1CCC(O)C(CN2CCN3CCCC3C2)C1. The fraction of sp³-hybridized carbons (Fsp3) is 1.00. The first kappa shape index (κ1) is 14.8. The third-order valence-electron chi connectivity index (χ3n) is 5.91. The smallest absolute Gasteiger partial charge is 0.0580 e. The van der Waals surface area contributed by atoms with Crippen LogP contribution in [0.15, 0.2) is 0 Å². The highest BCUT2D eigenvalue weighted by atomic mass is 16.3. The first-order valence-corrected chi connectivity index (χ1v) is 8.90. The molecule has 4 unspecified atom stereocenters. The summed E-state index contributed by atoms with van der Waals surface area (Å²) in [4.78, 5) is 5.32. The van der Waals surface area contributed by atoms with Crippen molar-refractivity contribution in [3.05, 3.63) is 0 Å². The number of nitrogens with zero attached hydrogens (tertiary/aromatic N) is 2. The van der Waals surface area contributed by atoms with Gasteiger partial charge in [0, 0.05) is 32.2 Å². The maximum Gasteiger partial charge on any atom is 0.0580 e. The zero-order valence-corrected chi connectivity index (χ0v) is 13.1. The van der Waals surface area contributed by atoms with Crippen molar-refractivity contribution in [2.45, 2.75) is 64.0 Å². The van der Waals surface area contributed by atoms with Gasteiger partial charge in [0.25, 0.3) is 0 Å². The molecule has 3 fully saturated rings. The summed E-state index contributed by atoms with van der Waals surface area (Å²) in [5.74, 6) is 1.41. The summed E-state index contributed by atoms with van der Waals surface area (Å²) in [5, 5.41) is 10.3. The minimum Gasteiger partial charge on any atom is -0.393 e. The Morgan fingerprint density at radius 3 is 2.85 bits per heavy atom. The molecule has 0 spiro atoms. The van der Waals surface area contributed by atoms with Crippen LogP contribution in [0.1, 0.15) is 51.9 Å².